The Balaban J connectivity index is 2.35. The van der Waals surface area contributed by atoms with E-state index < -0.39 is 51.9 Å². The molecular weight excluding hydrogens is 461 g/mol. The van der Waals surface area contributed by atoms with E-state index in [1.54, 1.807) is 44.2 Å². The van der Waals surface area contributed by atoms with Crippen LogP contribution in [-0.4, -0.2) is 51.2 Å². The quantitative estimate of drug-likeness (QED) is 0.546. The van der Waals surface area contributed by atoms with E-state index in [9.17, 15) is 27.2 Å². The second-order valence-electron chi connectivity index (χ2n) is 8.05. The molecule has 2 rings (SSSR count). The molecule has 0 aliphatic carbocycles. The number of carbonyl (C=O) groups is 3. The Morgan fingerprint density at radius 3 is 2.12 bits per heavy atom. The van der Waals surface area contributed by atoms with Gasteiger partial charge >= 0.3 is 0 Å². The molecule has 3 amide bonds. The number of rotatable bonds is 9. The van der Waals surface area contributed by atoms with Gasteiger partial charge in [0.25, 0.3) is 10.0 Å². The molecule has 0 aromatic heterocycles. The molecule has 0 saturated carbocycles. The second kappa shape index (κ2) is 11.6. The zero-order chi connectivity index (χ0) is 25.5. The molecule has 0 bridgehead atoms. The number of carbonyl (C=O) groups excluding carboxylic acids is 3. The fourth-order valence-corrected chi connectivity index (χ4v) is 3.90. The van der Waals surface area contributed by atoms with E-state index in [2.05, 4.69) is 0 Å². The zero-order valence-electron chi connectivity index (χ0n) is 19.4. The summed E-state index contributed by atoms with van der Waals surface area (Å²) in [6.07, 6.45) is 0.760. The van der Waals surface area contributed by atoms with Crippen LogP contribution in [0.1, 0.15) is 25.8 Å². The van der Waals surface area contributed by atoms with Crippen LogP contribution in [0.5, 0.6) is 0 Å². The number of sulfonamides is 1. The highest BCUT2D eigenvalue weighted by Crippen LogP contribution is 2.22. The highest BCUT2D eigenvalue weighted by Gasteiger charge is 2.36. The van der Waals surface area contributed by atoms with E-state index in [1.165, 1.54) is 42.1 Å². The van der Waals surface area contributed by atoms with Gasteiger partial charge in [0, 0.05) is 32.2 Å². The first-order chi connectivity index (χ1) is 15.9. The highest BCUT2D eigenvalue weighted by atomic mass is 32.2. The van der Waals surface area contributed by atoms with Gasteiger partial charge in [-0.1, -0.05) is 30.3 Å². The average molecular weight is 490 g/mol. The highest BCUT2D eigenvalue weighted by molar-refractivity contribution is 7.93. The Morgan fingerprint density at radius 1 is 1.00 bits per heavy atom. The van der Waals surface area contributed by atoms with Crippen LogP contribution in [0, 0.1) is 11.7 Å². The lowest BCUT2D eigenvalue weighted by atomic mass is 10.0. The number of hydrogen-bond donors (Lipinski definition) is 1. The summed E-state index contributed by atoms with van der Waals surface area (Å²) in [6, 6.07) is 13.2. The van der Waals surface area contributed by atoms with Crippen molar-refractivity contribution >= 4 is 39.5 Å². The van der Waals surface area contributed by atoms with Crippen LogP contribution in [0.3, 0.4) is 0 Å². The lowest BCUT2D eigenvalue weighted by molar-refractivity contribution is -0.139. The molecule has 2 aromatic rings. The van der Waals surface area contributed by atoms with Crippen LogP contribution in [0.15, 0.2) is 60.0 Å². The number of amides is 3. The smallest absolute Gasteiger partial charge is 0.257 e. The first-order valence-corrected chi connectivity index (χ1v) is 12.0. The topological polar surface area (TPSA) is 104 Å². The zero-order valence-corrected chi connectivity index (χ0v) is 20.3. The van der Waals surface area contributed by atoms with Crippen LogP contribution < -0.4 is 9.62 Å². The van der Waals surface area contributed by atoms with Crippen molar-refractivity contribution in [3.8, 4) is 0 Å². The van der Waals surface area contributed by atoms with Gasteiger partial charge in [-0.05, 0) is 49.8 Å². The van der Waals surface area contributed by atoms with Crippen molar-refractivity contribution in [1.82, 2.24) is 9.62 Å². The predicted molar refractivity (Wildman–Crippen MR) is 128 cm³/mol. The molecule has 0 radical (unpaired) electrons. The fourth-order valence-electron chi connectivity index (χ4n) is 3.08. The minimum Gasteiger partial charge on any atom is -0.349 e. The van der Waals surface area contributed by atoms with Crippen molar-refractivity contribution in [2.45, 2.75) is 26.3 Å². The molecule has 0 fully saturated rings. The number of nitrogens with zero attached hydrogens (tertiary/aromatic N) is 2. The maximum atomic E-state index is 13.4. The van der Waals surface area contributed by atoms with Gasteiger partial charge in [0.2, 0.25) is 17.7 Å². The molecule has 1 atom stereocenters. The molecule has 1 N–H and O–H groups in total. The molecule has 0 saturated heterocycles. The Morgan fingerprint density at radius 2 is 1.59 bits per heavy atom. The summed E-state index contributed by atoms with van der Waals surface area (Å²) in [5.41, 5.74) is 0.904. The molecular formula is C24H28FN3O5S. The Hall–Kier alpha value is -3.53. The fraction of sp³-hybridized carbons (Fsp3) is 0.292. The molecule has 34 heavy (non-hydrogen) atoms. The van der Waals surface area contributed by atoms with Crippen LogP contribution in [0.25, 0.3) is 6.08 Å². The van der Waals surface area contributed by atoms with Crippen molar-refractivity contribution in [1.29, 1.82) is 0 Å². The maximum absolute atomic E-state index is 13.4. The van der Waals surface area contributed by atoms with Crippen molar-refractivity contribution in [3.63, 3.8) is 0 Å². The van der Waals surface area contributed by atoms with Gasteiger partial charge in [0.15, 0.2) is 0 Å². The van der Waals surface area contributed by atoms with Crippen LogP contribution in [0.2, 0.25) is 0 Å². The van der Waals surface area contributed by atoms with Crippen molar-refractivity contribution in [2.24, 2.45) is 5.92 Å². The maximum Gasteiger partial charge on any atom is 0.257 e. The van der Waals surface area contributed by atoms with Gasteiger partial charge in [0.1, 0.15) is 11.7 Å². The van der Waals surface area contributed by atoms with Crippen molar-refractivity contribution in [2.75, 3.05) is 19.0 Å². The summed E-state index contributed by atoms with van der Waals surface area (Å²) in [4.78, 5) is 41.2. The summed E-state index contributed by atoms with van der Waals surface area (Å²) in [7, 11) is -1.34. The van der Waals surface area contributed by atoms with E-state index in [-0.39, 0.29) is 0 Å². The van der Waals surface area contributed by atoms with Gasteiger partial charge in [0.05, 0.1) is 5.41 Å². The number of hydrogen-bond acceptors (Lipinski definition) is 5. The van der Waals surface area contributed by atoms with E-state index in [0.717, 1.165) is 17.5 Å². The molecule has 1 unspecified atom stereocenters. The molecule has 0 heterocycles. The minimum atomic E-state index is -4.26. The third-order valence-corrected chi connectivity index (χ3v) is 5.81. The third kappa shape index (κ3) is 7.51. The SMILES string of the molecule is CC(C)N(C(=O)C(CC(=O)N(C)C)C(=O)NS(=O)(=O)/C=C/c1ccccc1)c1ccc(F)cc1. The lowest BCUT2D eigenvalue weighted by Crippen LogP contribution is -2.49. The predicted octanol–water partition coefficient (Wildman–Crippen LogP) is 2.78. The van der Waals surface area contributed by atoms with E-state index in [0.29, 0.717) is 11.3 Å². The standard InChI is InChI=1S/C24H28FN3O5S/c1-17(2)28(20-12-10-19(25)11-13-20)24(31)21(16-22(29)27(3)4)23(30)26-34(32,33)15-14-18-8-6-5-7-9-18/h5-15,17,21H,16H2,1-4H3,(H,26,30)/b15-14+. The van der Waals surface area contributed by atoms with E-state index in [1.807, 2.05) is 4.72 Å². The molecule has 2 aromatic carbocycles. The van der Waals surface area contributed by atoms with Crippen LogP contribution in [-0.2, 0) is 24.4 Å². The van der Waals surface area contributed by atoms with Gasteiger partial charge in [-0.15, -0.1) is 0 Å². The van der Waals surface area contributed by atoms with Crippen LogP contribution in [0.4, 0.5) is 10.1 Å². The minimum absolute atomic E-state index is 0.309. The molecule has 0 aliphatic rings. The largest absolute Gasteiger partial charge is 0.349 e. The summed E-state index contributed by atoms with van der Waals surface area (Å²) >= 11 is 0. The first kappa shape index (κ1) is 26.7. The monoisotopic (exact) mass is 489 g/mol. The van der Waals surface area contributed by atoms with Gasteiger partial charge < -0.3 is 9.80 Å². The Kier molecular flexibility index (Phi) is 9.08. The van der Waals surface area contributed by atoms with Crippen molar-refractivity contribution in [3.05, 3.63) is 71.4 Å². The summed E-state index contributed by atoms with van der Waals surface area (Å²) in [6.45, 7) is 3.37. The summed E-state index contributed by atoms with van der Waals surface area (Å²) < 4.78 is 40.2. The van der Waals surface area contributed by atoms with Gasteiger partial charge in [-0.25, -0.2) is 17.5 Å². The Bertz CT molecular complexity index is 1150. The second-order valence-corrected chi connectivity index (χ2v) is 9.61. The third-order valence-electron chi connectivity index (χ3n) is 4.83. The number of halogens is 1. The molecule has 10 heteroatoms. The molecule has 8 nitrogen and oxygen atoms in total. The van der Waals surface area contributed by atoms with Gasteiger partial charge in [-0.3, -0.25) is 14.4 Å². The number of anilines is 1. The number of benzene rings is 2. The number of nitrogens with one attached hydrogen (secondary N) is 1. The molecule has 0 spiro atoms. The van der Waals surface area contributed by atoms with Gasteiger partial charge in [-0.2, -0.15) is 0 Å². The Labute approximate surface area is 199 Å². The molecule has 182 valence electrons. The normalized spacial score (nSPS) is 12.4. The first-order valence-electron chi connectivity index (χ1n) is 10.5. The van der Waals surface area contributed by atoms with E-state index in [4.69, 9.17) is 0 Å². The lowest BCUT2D eigenvalue weighted by Gasteiger charge is -2.30. The molecule has 0 aliphatic heterocycles. The van der Waals surface area contributed by atoms with E-state index >= 15 is 0 Å². The average Bonchev–Trinajstić information content (AvgIpc) is 2.77. The van der Waals surface area contributed by atoms with Crippen molar-refractivity contribution < 1.29 is 27.2 Å². The summed E-state index contributed by atoms with van der Waals surface area (Å²) in [5.74, 6) is -4.58. The summed E-state index contributed by atoms with van der Waals surface area (Å²) in [5, 5.41) is 0.815. The van der Waals surface area contributed by atoms with Crippen LogP contribution >= 0.6 is 0 Å².